The first-order valence-corrected chi connectivity index (χ1v) is 7.83. The van der Waals surface area contributed by atoms with Gasteiger partial charge in [-0.25, -0.2) is 9.97 Å². The third-order valence-corrected chi connectivity index (χ3v) is 3.83. The molecule has 1 aromatic carbocycles. The van der Waals surface area contributed by atoms with E-state index in [-0.39, 0.29) is 5.91 Å². The zero-order valence-electron chi connectivity index (χ0n) is 13.6. The number of hydrogen-bond acceptors (Lipinski definition) is 6. The first-order chi connectivity index (χ1) is 11.8. The average Bonchev–Trinajstić information content (AvgIpc) is 2.67. The third-order valence-electron chi connectivity index (χ3n) is 3.83. The Morgan fingerprint density at radius 1 is 1.25 bits per heavy atom. The second-order valence-electron chi connectivity index (χ2n) is 5.37. The van der Waals surface area contributed by atoms with E-state index in [4.69, 9.17) is 9.47 Å². The van der Waals surface area contributed by atoms with E-state index in [1.165, 1.54) is 0 Å². The SMILES string of the molecule is COc1ccccc1CNC(=O)c1cnc(N2CCOCC2)nc1. The molecule has 24 heavy (non-hydrogen) atoms. The topological polar surface area (TPSA) is 76.6 Å². The molecule has 1 saturated heterocycles. The molecule has 7 nitrogen and oxygen atoms in total. The molecule has 1 aliphatic heterocycles. The summed E-state index contributed by atoms with van der Waals surface area (Å²) >= 11 is 0. The predicted octanol–water partition coefficient (Wildman–Crippen LogP) is 1.25. The second kappa shape index (κ2) is 7.74. The molecule has 1 aromatic heterocycles. The number of rotatable bonds is 5. The summed E-state index contributed by atoms with van der Waals surface area (Å²) in [5.41, 5.74) is 1.35. The van der Waals surface area contributed by atoms with Gasteiger partial charge >= 0.3 is 0 Å². The van der Waals surface area contributed by atoms with E-state index in [0.29, 0.717) is 31.3 Å². The smallest absolute Gasteiger partial charge is 0.254 e. The van der Waals surface area contributed by atoms with E-state index in [9.17, 15) is 4.79 Å². The number of aromatic nitrogens is 2. The molecule has 0 radical (unpaired) electrons. The van der Waals surface area contributed by atoms with Crippen LogP contribution in [-0.2, 0) is 11.3 Å². The van der Waals surface area contributed by atoms with Gasteiger partial charge < -0.3 is 19.7 Å². The standard InChI is InChI=1S/C17H20N4O3/c1-23-15-5-3-2-4-13(15)10-18-16(22)14-11-19-17(20-12-14)21-6-8-24-9-7-21/h2-5,11-12H,6-10H2,1H3,(H,18,22). The number of hydrogen-bond donors (Lipinski definition) is 1. The molecular formula is C17H20N4O3. The van der Waals surface area contributed by atoms with Gasteiger partial charge in [0.1, 0.15) is 5.75 Å². The van der Waals surface area contributed by atoms with E-state index < -0.39 is 0 Å². The highest BCUT2D eigenvalue weighted by atomic mass is 16.5. The summed E-state index contributed by atoms with van der Waals surface area (Å²) in [5.74, 6) is 1.16. The van der Waals surface area contributed by atoms with Crippen molar-refractivity contribution in [3.05, 3.63) is 47.8 Å². The molecule has 1 aliphatic rings. The molecule has 0 atom stereocenters. The Kier molecular flexibility index (Phi) is 5.22. The lowest BCUT2D eigenvalue weighted by molar-refractivity contribution is 0.0949. The van der Waals surface area contributed by atoms with Crippen molar-refractivity contribution in [3.63, 3.8) is 0 Å². The molecule has 2 aromatic rings. The van der Waals surface area contributed by atoms with Gasteiger partial charge in [0.05, 0.1) is 25.9 Å². The Balaban J connectivity index is 1.60. The molecule has 1 fully saturated rings. The normalized spacial score (nSPS) is 14.3. The van der Waals surface area contributed by atoms with Crippen molar-refractivity contribution in [1.82, 2.24) is 15.3 Å². The minimum Gasteiger partial charge on any atom is -0.496 e. The van der Waals surface area contributed by atoms with Crippen LogP contribution >= 0.6 is 0 Å². The van der Waals surface area contributed by atoms with Crippen molar-refractivity contribution in [3.8, 4) is 5.75 Å². The van der Waals surface area contributed by atoms with Crippen LogP contribution in [0.2, 0.25) is 0 Å². The van der Waals surface area contributed by atoms with Crippen LogP contribution in [0.25, 0.3) is 0 Å². The summed E-state index contributed by atoms with van der Waals surface area (Å²) in [4.78, 5) is 22.9. The summed E-state index contributed by atoms with van der Waals surface area (Å²) in [6, 6.07) is 7.57. The number of para-hydroxylation sites is 1. The minimum atomic E-state index is -0.213. The molecule has 2 heterocycles. The molecule has 1 N–H and O–H groups in total. The lowest BCUT2D eigenvalue weighted by Gasteiger charge is -2.26. The average molecular weight is 328 g/mol. The number of carbonyl (C=O) groups excluding carboxylic acids is 1. The Bertz CT molecular complexity index is 684. The first-order valence-electron chi connectivity index (χ1n) is 7.83. The zero-order chi connectivity index (χ0) is 16.8. The van der Waals surface area contributed by atoms with Crippen LogP contribution in [0.5, 0.6) is 5.75 Å². The van der Waals surface area contributed by atoms with Crippen LogP contribution in [0.4, 0.5) is 5.95 Å². The lowest BCUT2D eigenvalue weighted by Crippen LogP contribution is -2.37. The minimum absolute atomic E-state index is 0.213. The van der Waals surface area contributed by atoms with E-state index in [1.807, 2.05) is 29.2 Å². The van der Waals surface area contributed by atoms with Gasteiger partial charge in [0.25, 0.3) is 5.91 Å². The van der Waals surface area contributed by atoms with Gasteiger partial charge in [-0.3, -0.25) is 4.79 Å². The van der Waals surface area contributed by atoms with Crippen LogP contribution < -0.4 is 15.0 Å². The molecule has 3 rings (SSSR count). The summed E-state index contributed by atoms with van der Waals surface area (Å²) in [7, 11) is 1.61. The Morgan fingerprint density at radius 3 is 2.67 bits per heavy atom. The van der Waals surface area contributed by atoms with Gasteiger partial charge in [-0.05, 0) is 6.07 Å². The Hall–Kier alpha value is -2.67. The van der Waals surface area contributed by atoms with Gasteiger partial charge in [-0.2, -0.15) is 0 Å². The molecule has 0 bridgehead atoms. The number of ether oxygens (including phenoxy) is 2. The summed E-state index contributed by atoms with van der Waals surface area (Å²) in [6.45, 7) is 3.25. The lowest BCUT2D eigenvalue weighted by atomic mass is 10.2. The van der Waals surface area contributed by atoms with E-state index >= 15 is 0 Å². The fourth-order valence-electron chi connectivity index (χ4n) is 2.49. The van der Waals surface area contributed by atoms with Crippen LogP contribution in [-0.4, -0.2) is 49.3 Å². The van der Waals surface area contributed by atoms with E-state index in [1.54, 1.807) is 19.5 Å². The number of methoxy groups -OCH3 is 1. The van der Waals surface area contributed by atoms with Gasteiger partial charge in [0.15, 0.2) is 0 Å². The number of nitrogens with one attached hydrogen (secondary N) is 1. The highest BCUT2D eigenvalue weighted by Gasteiger charge is 2.15. The van der Waals surface area contributed by atoms with E-state index in [2.05, 4.69) is 15.3 Å². The summed E-state index contributed by atoms with van der Waals surface area (Å²) < 4.78 is 10.6. The van der Waals surface area contributed by atoms with Crippen LogP contribution in [0.15, 0.2) is 36.7 Å². The molecule has 1 amide bonds. The Morgan fingerprint density at radius 2 is 1.96 bits per heavy atom. The third kappa shape index (κ3) is 3.80. The van der Waals surface area contributed by atoms with Crippen molar-refractivity contribution < 1.29 is 14.3 Å². The maximum absolute atomic E-state index is 12.2. The number of anilines is 1. The van der Waals surface area contributed by atoms with Crippen molar-refractivity contribution in [1.29, 1.82) is 0 Å². The monoisotopic (exact) mass is 328 g/mol. The maximum atomic E-state index is 12.2. The van der Waals surface area contributed by atoms with E-state index in [0.717, 1.165) is 24.4 Å². The number of nitrogens with zero attached hydrogens (tertiary/aromatic N) is 3. The molecule has 0 spiro atoms. The highest BCUT2D eigenvalue weighted by molar-refractivity contribution is 5.93. The van der Waals surface area contributed by atoms with Crippen molar-refractivity contribution in [2.75, 3.05) is 38.3 Å². The van der Waals surface area contributed by atoms with Gasteiger partial charge in [0, 0.05) is 37.6 Å². The number of amides is 1. The Labute approximate surface area is 140 Å². The predicted molar refractivity (Wildman–Crippen MR) is 89.2 cm³/mol. The maximum Gasteiger partial charge on any atom is 0.254 e. The largest absolute Gasteiger partial charge is 0.496 e. The first kappa shape index (κ1) is 16.2. The van der Waals surface area contributed by atoms with Crippen LogP contribution in [0.1, 0.15) is 15.9 Å². The van der Waals surface area contributed by atoms with Crippen molar-refractivity contribution >= 4 is 11.9 Å². The quantitative estimate of drug-likeness (QED) is 0.890. The molecule has 0 saturated carbocycles. The molecule has 0 unspecified atom stereocenters. The fourth-order valence-corrected chi connectivity index (χ4v) is 2.49. The van der Waals surface area contributed by atoms with Gasteiger partial charge in [-0.1, -0.05) is 18.2 Å². The zero-order valence-corrected chi connectivity index (χ0v) is 13.6. The molecule has 7 heteroatoms. The molecular weight excluding hydrogens is 308 g/mol. The second-order valence-corrected chi connectivity index (χ2v) is 5.37. The highest BCUT2D eigenvalue weighted by Crippen LogP contribution is 2.17. The van der Waals surface area contributed by atoms with Gasteiger partial charge in [0.2, 0.25) is 5.95 Å². The van der Waals surface area contributed by atoms with Crippen molar-refractivity contribution in [2.24, 2.45) is 0 Å². The number of carbonyl (C=O) groups is 1. The van der Waals surface area contributed by atoms with Crippen LogP contribution in [0, 0.1) is 0 Å². The number of benzene rings is 1. The molecule has 0 aliphatic carbocycles. The fraction of sp³-hybridized carbons (Fsp3) is 0.353. The molecule has 126 valence electrons. The van der Waals surface area contributed by atoms with Gasteiger partial charge in [-0.15, -0.1) is 0 Å². The summed E-state index contributed by atoms with van der Waals surface area (Å²) in [5, 5.41) is 2.86. The van der Waals surface area contributed by atoms with Crippen molar-refractivity contribution in [2.45, 2.75) is 6.54 Å². The van der Waals surface area contributed by atoms with Crippen LogP contribution in [0.3, 0.4) is 0 Å². The number of morpholine rings is 1. The summed E-state index contributed by atoms with van der Waals surface area (Å²) in [6.07, 6.45) is 3.10.